The Morgan fingerprint density at radius 2 is 1.81 bits per heavy atom. The average molecular weight is 292 g/mol. The first-order valence-electron chi connectivity index (χ1n) is 7.75. The molecule has 0 spiro atoms. The molecule has 0 fully saturated rings. The van der Waals surface area contributed by atoms with Crippen LogP contribution < -0.4 is 5.32 Å². The van der Waals surface area contributed by atoms with Gasteiger partial charge in [-0.1, -0.05) is 51.1 Å². The third kappa shape index (κ3) is 4.05. The molecular formula is C17H28N2O2. The number of rotatable bonds is 9. The molecule has 0 aliphatic carbocycles. The minimum absolute atomic E-state index is 0.395. The molecule has 1 aromatic carbocycles. The Bertz CT molecular complexity index is 432. The van der Waals surface area contributed by atoms with Crippen molar-refractivity contribution in [3.63, 3.8) is 0 Å². The molecule has 1 aromatic rings. The van der Waals surface area contributed by atoms with Crippen LogP contribution in [-0.2, 0) is 10.3 Å². The Kier molecular flexibility index (Phi) is 6.85. The molecule has 0 aliphatic heterocycles. The average Bonchev–Trinajstić information content (AvgIpc) is 2.48. The predicted octanol–water partition coefficient (Wildman–Crippen LogP) is 2.70. The van der Waals surface area contributed by atoms with Gasteiger partial charge in [0.2, 0.25) is 0 Å². The molecule has 0 saturated carbocycles. The maximum absolute atomic E-state index is 12.1. The van der Waals surface area contributed by atoms with Crippen LogP contribution in [0.3, 0.4) is 0 Å². The summed E-state index contributed by atoms with van der Waals surface area (Å²) in [5, 5.41) is 13.1. The molecule has 118 valence electrons. The summed E-state index contributed by atoms with van der Waals surface area (Å²) < 4.78 is 0. The van der Waals surface area contributed by atoms with Gasteiger partial charge in [-0.3, -0.25) is 5.32 Å². The van der Waals surface area contributed by atoms with E-state index in [9.17, 15) is 9.90 Å². The van der Waals surface area contributed by atoms with Crippen molar-refractivity contribution < 1.29 is 9.90 Å². The van der Waals surface area contributed by atoms with Gasteiger partial charge in [-0.25, -0.2) is 4.79 Å². The zero-order chi connectivity index (χ0) is 15.9. The third-order valence-electron chi connectivity index (χ3n) is 4.16. The maximum atomic E-state index is 12.1. The number of hydrogen-bond acceptors (Lipinski definition) is 3. The molecule has 0 amide bonds. The molecule has 0 bridgehead atoms. The largest absolute Gasteiger partial charge is 0.480 e. The minimum atomic E-state index is -1.06. The van der Waals surface area contributed by atoms with Crippen LogP contribution in [0.5, 0.6) is 0 Å². The van der Waals surface area contributed by atoms with Gasteiger partial charge in [0.05, 0.1) is 0 Å². The topological polar surface area (TPSA) is 52.6 Å². The number of benzene rings is 1. The number of nitrogens with one attached hydrogen (secondary N) is 1. The highest BCUT2D eigenvalue weighted by molar-refractivity contribution is 5.81. The SMILES string of the molecule is CCNC(CN(C)C(CC)CC)(C(=O)O)c1ccccc1. The smallest absolute Gasteiger partial charge is 0.329 e. The van der Waals surface area contributed by atoms with E-state index in [1.165, 1.54) is 0 Å². The van der Waals surface area contributed by atoms with Crippen LogP contribution in [0.1, 0.15) is 39.2 Å². The fourth-order valence-electron chi connectivity index (χ4n) is 2.96. The lowest BCUT2D eigenvalue weighted by Gasteiger charge is -2.37. The zero-order valence-electron chi connectivity index (χ0n) is 13.6. The van der Waals surface area contributed by atoms with Gasteiger partial charge in [-0.2, -0.15) is 0 Å². The van der Waals surface area contributed by atoms with E-state index in [1.54, 1.807) is 0 Å². The van der Waals surface area contributed by atoms with Gasteiger partial charge in [0, 0.05) is 12.6 Å². The molecule has 4 heteroatoms. The normalized spacial score (nSPS) is 14.4. The Morgan fingerprint density at radius 1 is 1.24 bits per heavy atom. The van der Waals surface area contributed by atoms with E-state index >= 15 is 0 Å². The van der Waals surface area contributed by atoms with Crippen molar-refractivity contribution in [3.8, 4) is 0 Å². The fraction of sp³-hybridized carbons (Fsp3) is 0.588. The zero-order valence-corrected chi connectivity index (χ0v) is 13.6. The molecule has 0 heterocycles. The number of carbonyl (C=O) groups is 1. The summed E-state index contributed by atoms with van der Waals surface area (Å²) in [5.41, 5.74) is -0.259. The van der Waals surface area contributed by atoms with Crippen molar-refractivity contribution in [2.75, 3.05) is 20.1 Å². The number of carboxylic acid groups (broad SMARTS) is 1. The summed E-state index contributed by atoms with van der Waals surface area (Å²) in [5.74, 6) is -0.826. The monoisotopic (exact) mass is 292 g/mol. The molecule has 0 aromatic heterocycles. The summed E-state index contributed by atoms with van der Waals surface area (Å²) >= 11 is 0. The van der Waals surface area contributed by atoms with Crippen molar-refractivity contribution in [2.45, 2.75) is 45.2 Å². The number of hydrogen-bond donors (Lipinski definition) is 2. The van der Waals surface area contributed by atoms with Crippen molar-refractivity contribution in [3.05, 3.63) is 35.9 Å². The summed E-state index contributed by atoms with van der Waals surface area (Å²) in [6.45, 7) is 7.29. The Morgan fingerprint density at radius 3 is 2.24 bits per heavy atom. The van der Waals surface area contributed by atoms with Crippen LogP contribution in [0.4, 0.5) is 0 Å². The molecule has 0 radical (unpaired) electrons. The van der Waals surface area contributed by atoms with Crippen LogP contribution >= 0.6 is 0 Å². The molecule has 0 saturated heterocycles. The predicted molar refractivity (Wildman–Crippen MR) is 86.4 cm³/mol. The fourth-order valence-corrected chi connectivity index (χ4v) is 2.96. The van der Waals surface area contributed by atoms with E-state index in [-0.39, 0.29) is 0 Å². The van der Waals surface area contributed by atoms with Gasteiger partial charge in [-0.05, 0) is 32.0 Å². The summed E-state index contributed by atoms with van der Waals surface area (Å²) in [7, 11) is 2.01. The van der Waals surface area contributed by atoms with Crippen molar-refractivity contribution in [2.24, 2.45) is 0 Å². The third-order valence-corrected chi connectivity index (χ3v) is 4.16. The highest BCUT2D eigenvalue weighted by Crippen LogP contribution is 2.24. The van der Waals surface area contributed by atoms with Crippen molar-refractivity contribution in [1.82, 2.24) is 10.2 Å². The summed E-state index contributed by atoms with van der Waals surface area (Å²) in [6, 6.07) is 9.86. The van der Waals surface area contributed by atoms with Crippen molar-refractivity contribution in [1.29, 1.82) is 0 Å². The highest BCUT2D eigenvalue weighted by Gasteiger charge is 2.41. The lowest BCUT2D eigenvalue weighted by molar-refractivity contribution is -0.146. The Balaban J connectivity index is 3.16. The second-order valence-corrected chi connectivity index (χ2v) is 5.49. The van der Waals surface area contributed by atoms with Crippen LogP contribution in [0.15, 0.2) is 30.3 Å². The lowest BCUT2D eigenvalue weighted by atomic mass is 9.88. The van der Waals surface area contributed by atoms with Gasteiger partial charge >= 0.3 is 5.97 Å². The number of aliphatic carboxylic acids is 1. The number of likely N-dealkylation sites (N-methyl/N-ethyl adjacent to an activating group) is 2. The van der Waals surface area contributed by atoms with Gasteiger partial charge in [0.1, 0.15) is 0 Å². The standard InChI is InChI=1S/C17H28N2O2/c1-5-15(6-2)19(4)13-17(16(20)21,18-7-3)14-11-9-8-10-12-14/h8-12,15,18H,5-7,13H2,1-4H3,(H,20,21). The number of nitrogens with zero attached hydrogens (tertiary/aromatic N) is 1. The molecule has 2 N–H and O–H groups in total. The van der Waals surface area contributed by atoms with E-state index in [0.717, 1.165) is 18.4 Å². The first-order valence-corrected chi connectivity index (χ1v) is 7.75. The molecule has 21 heavy (non-hydrogen) atoms. The second-order valence-electron chi connectivity index (χ2n) is 5.49. The molecular weight excluding hydrogens is 264 g/mol. The Labute approximate surface area is 128 Å². The lowest BCUT2D eigenvalue weighted by Crippen LogP contribution is -2.57. The molecule has 4 nitrogen and oxygen atoms in total. The van der Waals surface area contributed by atoms with Crippen LogP contribution in [0.25, 0.3) is 0 Å². The Hall–Kier alpha value is -1.39. The molecule has 1 atom stereocenters. The summed E-state index contributed by atoms with van der Waals surface area (Å²) in [4.78, 5) is 14.2. The first-order chi connectivity index (χ1) is 10.0. The van der Waals surface area contributed by atoms with Gasteiger partial charge in [0.15, 0.2) is 5.54 Å². The molecule has 1 unspecified atom stereocenters. The maximum Gasteiger partial charge on any atom is 0.329 e. The van der Waals surface area contributed by atoms with Crippen LogP contribution in [0, 0.1) is 0 Å². The first kappa shape index (κ1) is 17.7. The van der Waals surface area contributed by atoms with Crippen LogP contribution in [-0.4, -0.2) is 42.2 Å². The van der Waals surface area contributed by atoms with E-state index in [0.29, 0.717) is 19.1 Å². The highest BCUT2D eigenvalue weighted by atomic mass is 16.4. The van der Waals surface area contributed by atoms with E-state index < -0.39 is 11.5 Å². The minimum Gasteiger partial charge on any atom is -0.480 e. The molecule has 1 rings (SSSR count). The van der Waals surface area contributed by atoms with E-state index in [2.05, 4.69) is 24.1 Å². The van der Waals surface area contributed by atoms with Crippen LogP contribution in [0.2, 0.25) is 0 Å². The van der Waals surface area contributed by atoms with E-state index in [1.807, 2.05) is 44.3 Å². The molecule has 0 aliphatic rings. The van der Waals surface area contributed by atoms with Gasteiger partial charge in [0.25, 0.3) is 0 Å². The van der Waals surface area contributed by atoms with Gasteiger partial charge in [-0.15, -0.1) is 0 Å². The quantitative estimate of drug-likeness (QED) is 0.735. The number of carboxylic acids is 1. The summed E-state index contributed by atoms with van der Waals surface area (Å²) in [6.07, 6.45) is 2.03. The van der Waals surface area contributed by atoms with Crippen molar-refractivity contribution >= 4 is 5.97 Å². The van der Waals surface area contributed by atoms with Gasteiger partial charge < -0.3 is 10.0 Å². The van der Waals surface area contributed by atoms with E-state index in [4.69, 9.17) is 0 Å². The second kappa shape index (κ2) is 8.15.